The molecule has 1 N–H and O–H groups in total. The van der Waals surface area contributed by atoms with Gasteiger partial charge in [-0.25, -0.2) is 0 Å². The number of amides is 1. The lowest BCUT2D eigenvalue weighted by atomic mass is 10.1. The van der Waals surface area contributed by atoms with Gasteiger partial charge in [0.25, 0.3) is 11.6 Å². The summed E-state index contributed by atoms with van der Waals surface area (Å²) in [5.74, 6) is -0.565. The van der Waals surface area contributed by atoms with E-state index in [0.717, 1.165) is 0 Å². The molecule has 0 radical (unpaired) electrons. The molecule has 0 unspecified atom stereocenters. The van der Waals surface area contributed by atoms with E-state index in [9.17, 15) is 19.7 Å². The number of anilines is 1. The summed E-state index contributed by atoms with van der Waals surface area (Å²) >= 11 is 0. The average Bonchev–Trinajstić information content (AvgIpc) is 2.56. The molecular weight excluding hydrogens is 314 g/mol. The fourth-order valence-corrected chi connectivity index (χ4v) is 2.25. The van der Waals surface area contributed by atoms with Crippen molar-refractivity contribution in [2.24, 2.45) is 5.92 Å². The number of ether oxygens (including phenoxy) is 1. The zero-order valence-corrected chi connectivity index (χ0v) is 14.4. The summed E-state index contributed by atoms with van der Waals surface area (Å²) in [6, 6.07) is 4.28. The minimum atomic E-state index is -0.538. The molecular formula is C16H23N3O5. The van der Waals surface area contributed by atoms with Crippen molar-refractivity contribution in [3.63, 3.8) is 0 Å². The number of carbonyl (C=O) groups is 2. The molecule has 8 heteroatoms. The molecule has 1 aromatic carbocycles. The number of rotatable bonds is 8. The van der Waals surface area contributed by atoms with Gasteiger partial charge in [0.15, 0.2) is 0 Å². The van der Waals surface area contributed by atoms with Gasteiger partial charge in [0, 0.05) is 31.8 Å². The second-order valence-electron chi connectivity index (χ2n) is 5.71. The molecule has 0 aliphatic carbocycles. The summed E-state index contributed by atoms with van der Waals surface area (Å²) in [5.41, 5.74) is 0.383. The lowest BCUT2D eigenvalue weighted by Crippen LogP contribution is -2.36. The predicted molar refractivity (Wildman–Crippen MR) is 90.0 cm³/mol. The van der Waals surface area contributed by atoms with E-state index >= 15 is 0 Å². The molecule has 0 atom stereocenters. The summed E-state index contributed by atoms with van der Waals surface area (Å²) in [7, 11) is 2.86. The first-order chi connectivity index (χ1) is 11.3. The van der Waals surface area contributed by atoms with E-state index in [4.69, 9.17) is 0 Å². The van der Waals surface area contributed by atoms with E-state index < -0.39 is 10.9 Å². The van der Waals surface area contributed by atoms with E-state index in [1.807, 2.05) is 13.8 Å². The monoisotopic (exact) mass is 337 g/mol. The third-order valence-corrected chi connectivity index (χ3v) is 3.40. The van der Waals surface area contributed by atoms with Crippen LogP contribution in [0.4, 0.5) is 11.4 Å². The lowest BCUT2D eigenvalue weighted by molar-refractivity contribution is -0.384. The summed E-state index contributed by atoms with van der Waals surface area (Å²) in [6.45, 7) is 4.54. The third kappa shape index (κ3) is 5.22. The van der Waals surface area contributed by atoms with Crippen LogP contribution in [-0.2, 0) is 9.53 Å². The van der Waals surface area contributed by atoms with Crippen molar-refractivity contribution in [1.82, 2.24) is 4.90 Å². The van der Waals surface area contributed by atoms with Crippen molar-refractivity contribution in [3.8, 4) is 0 Å². The Bertz CT molecular complexity index is 616. The highest BCUT2D eigenvalue weighted by Crippen LogP contribution is 2.25. The maximum Gasteiger partial charge on any atom is 0.307 e. The van der Waals surface area contributed by atoms with Gasteiger partial charge >= 0.3 is 5.97 Å². The van der Waals surface area contributed by atoms with Gasteiger partial charge in [-0.05, 0) is 18.1 Å². The molecule has 0 saturated carbocycles. The SMILES string of the molecule is CNc1ccc(C(=O)N(CCC(=O)OC)CC(C)C)cc1[N+](=O)[O-]. The summed E-state index contributed by atoms with van der Waals surface area (Å²) in [4.78, 5) is 36.1. The van der Waals surface area contributed by atoms with Crippen molar-refractivity contribution in [2.45, 2.75) is 20.3 Å². The quantitative estimate of drug-likeness (QED) is 0.444. The Hall–Kier alpha value is -2.64. The highest BCUT2D eigenvalue weighted by atomic mass is 16.6. The largest absolute Gasteiger partial charge is 0.469 e. The summed E-state index contributed by atoms with van der Waals surface area (Å²) in [5, 5.41) is 13.9. The molecule has 1 amide bonds. The zero-order valence-electron chi connectivity index (χ0n) is 14.4. The highest BCUT2D eigenvalue weighted by Gasteiger charge is 2.22. The summed E-state index contributed by atoms with van der Waals surface area (Å²) in [6.07, 6.45) is 0.0751. The molecule has 0 spiro atoms. The lowest BCUT2D eigenvalue weighted by Gasteiger charge is -2.24. The summed E-state index contributed by atoms with van der Waals surface area (Å²) < 4.78 is 4.60. The number of nitrogens with one attached hydrogen (secondary N) is 1. The smallest absolute Gasteiger partial charge is 0.307 e. The van der Waals surface area contributed by atoms with Gasteiger partial charge in [0.2, 0.25) is 0 Å². The zero-order chi connectivity index (χ0) is 18.3. The number of nitro benzene ring substituents is 1. The molecule has 24 heavy (non-hydrogen) atoms. The Morgan fingerprint density at radius 2 is 2.04 bits per heavy atom. The van der Waals surface area contributed by atoms with Crippen molar-refractivity contribution < 1.29 is 19.2 Å². The predicted octanol–water partition coefficient (Wildman–Crippen LogP) is 2.30. The fraction of sp³-hybridized carbons (Fsp3) is 0.500. The number of hydrogen-bond donors (Lipinski definition) is 1. The number of methoxy groups -OCH3 is 1. The van der Waals surface area contributed by atoms with E-state index in [0.29, 0.717) is 12.2 Å². The fourth-order valence-electron chi connectivity index (χ4n) is 2.25. The van der Waals surface area contributed by atoms with E-state index in [2.05, 4.69) is 10.1 Å². The van der Waals surface area contributed by atoms with Crippen LogP contribution in [0.5, 0.6) is 0 Å². The van der Waals surface area contributed by atoms with E-state index in [-0.39, 0.29) is 36.0 Å². The number of nitrogens with zero attached hydrogens (tertiary/aromatic N) is 2. The number of nitro groups is 1. The maximum atomic E-state index is 12.7. The third-order valence-electron chi connectivity index (χ3n) is 3.40. The number of esters is 1. The molecule has 1 rings (SSSR count). The van der Waals surface area contributed by atoms with E-state index in [1.54, 1.807) is 7.05 Å². The van der Waals surface area contributed by atoms with Crippen LogP contribution < -0.4 is 5.32 Å². The Morgan fingerprint density at radius 3 is 2.54 bits per heavy atom. The van der Waals surface area contributed by atoms with Crippen molar-refractivity contribution in [3.05, 3.63) is 33.9 Å². The van der Waals surface area contributed by atoms with Crippen LogP contribution in [0.15, 0.2) is 18.2 Å². The topological polar surface area (TPSA) is 102 Å². The number of hydrogen-bond acceptors (Lipinski definition) is 6. The maximum absolute atomic E-state index is 12.7. The highest BCUT2D eigenvalue weighted by molar-refractivity contribution is 5.96. The minimum absolute atomic E-state index is 0.0751. The number of benzene rings is 1. The first-order valence-electron chi connectivity index (χ1n) is 7.62. The van der Waals surface area contributed by atoms with Crippen molar-refractivity contribution in [1.29, 1.82) is 0 Å². The average molecular weight is 337 g/mol. The van der Waals surface area contributed by atoms with Crippen LogP contribution in [0.1, 0.15) is 30.6 Å². The Balaban J connectivity index is 3.06. The van der Waals surface area contributed by atoms with Gasteiger partial charge in [-0.15, -0.1) is 0 Å². The van der Waals surface area contributed by atoms with Crippen LogP contribution in [-0.4, -0.2) is 48.9 Å². The molecule has 8 nitrogen and oxygen atoms in total. The van der Waals surface area contributed by atoms with Crippen LogP contribution in [0.2, 0.25) is 0 Å². The van der Waals surface area contributed by atoms with Crippen LogP contribution in [0.25, 0.3) is 0 Å². The Morgan fingerprint density at radius 1 is 1.38 bits per heavy atom. The van der Waals surface area contributed by atoms with Gasteiger partial charge in [-0.2, -0.15) is 0 Å². The molecule has 0 aliphatic rings. The molecule has 0 aromatic heterocycles. The number of carbonyl (C=O) groups excluding carboxylic acids is 2. The first kappa shape index (κ1) is 19.4. The van der Waals surface area contributed by atoms with Gasteiger partial charge in [-0.3, -0.25) is 19.7 Å². The van der Waals surface area contributed by atoms with Gasteiger partial charge in [-0.1, -0.05) is 13.8 Å². The molecule has 0 bridgehead atoms. The molecule has 0 fully saturated rings. The van der Waals surface area contributed by atoms with Crippen LogP contribution in [0, 0.1) is 16.0 Å². The van der Waals surface area contributed by atoms with Crippen LogP contribution in [0.3, 0.4) is 0 Å². The Labute approximate surface area is 140 Å². The second-order valence-corrected chi connectivity index (χ2v) is 5.71. The second kappa shape index (κ2) is 8.85. The van der Waals surface area contributed by atoms with Gasteiger partial charge < -0.3 is 15.0 Å². The normalized spacial score (nSPS) is 10.4. The van der Waals surface area contributed by atoms with Gasteiger partial charge in [0.05, 0.1) is 18.5 Å². The molecule has 0 aliphatic heterocycles. The van der Waals surface area contributed by atoms with Crippen molar-refractivity contribution in [2.75, 3.05) is 32.6 Å². The van der Waals surface area contributed by atoms with Crippen LogP contribution >= 0.6 is 0 Å². The standard InChI is InChI=1S/C16H23N3O5/c1-11(2)10-18(8-7-15(20)24-4)16(21)12-5-6-13(17-3)14(9-12)19(22)23/h5-6,9,11,17H,7-8,10H2,1-4H3. The molecule has 0 heterocycles. The molecule has 132 valence electrons. The molecule has 0 saturated heterocycles. The minimum Gasteiger partial charge on any atom is -0.469 e. The first-order valence-corrected chi connectivity index (χ1v) is 7.62. The molecule has 1 aromatic rings. The van der Waals surface area contributed by atoms with Crippen molar-refractivity contribution >= 4 is 23.3 Å². The Kier molecular flexibility index (Phi) is 7.16. The van der Waals surface area contributed by atoms with Gasteiger partial charge in [0.1, 0.15) is 5.69 Å². The van der Waals surface area contributed by atoms with E-state index in [1.165, 1.54) is 30.2 Å².